The number of hydrogen-bond donors (Lipinski definition) is 4. The molecule has 19 heavy (non-hydrogen) atoms. The zero-order valence-electron chi connectivity index (χ0n) is 11.2. The quantitative estimate of drug-likeness (QED) is 0.579. The van der Waals surface area contributed by atoms with Crippen molar-refractivity contribution >= 4 is 21.4 Å². The highest BCUT2D eigenvalue weighted by atomic mass is 32.2. The molecule has 1 aromatic rings. The van der Waals surface area contributed by atoms with Crippen LogP contribution in [-0.4, -0.2) is 25.7 Å². The van der Waals surface area contributed by atoms with Crippen molar-refractivity contribution in [1.82, 2.24) is 0 Å². The number of benzene rings is 1. The number of rotatable bonds is 6. The average molecular weight is 287 g/mol. The van der Waals surface area contributed by atoms with E-state index in [1.807, 2.05) is 13.8 Å². The summed E-state index contributed by atoms with van der Waals surface area (Å²) in [5, 5.41) is 18.2. The lowest BCUT2D eigenvalue weighted by Crippen LogP contribution is -2.35. The summed E-state index contributed by atoms with van der Waals surface area (Å²) >= 11 is 0. The number of aliphatic hydroxyl groups is 1. The van der Waals surface area contributed by atoms with Crippen LogP contribution in [0, 0.1) is 0 Å². The molecule has 0 aliphatic rings. The summed E-state index contributed by atoms with van der Waals surface area (Å²) < 4.78 is 23.0. The van der Waals surface area contributed by atoms with Crippen LogP contribution < -0.4 is 16.2 Å². The third kappa shape index (κ3) is 4.09. The van der Waals surface area contributed by atoms with Crippen LogP contribution in [-0.2, 0) is 10.0 Å². The predicted octanol–water partition coefficient (Wildman–Crippen LogP) is 0.879. The van der Waals surface area contributed by atoms with Gasteiger partial charge in [0.05, 0.1) is 11.3 Å². The Hall–Kier alpha value is -1.31. The van der Waals surface area contributed by atoms with E-state index in [0.717, 1.165) is 0 Å². The third-order valence-electron chi connectivity index (χ3n) is 3.24. The molecule has 0 heterocycles. The molecule has 0 amide bonds. The number of nitrogens with two attached hydrogens (primary N) is 2. The lowest BCUT2D eigenvalue weighted by molar-refractivity contribution is 0.0456. The topological polar surface area (TPSA) is 118 Å². The standard InChI is InChI=1S/C12H21N3O3S/c1-3-12(16,4-2)8-15-10-6-5-9(13)7-11(10)19(14,17)18/h5-7,15-16H,3-4,8,13H2,1-2H3,(H2,14,17,18). The molecule has 0 aliphatic carbocycles. The number of sulfonamides is 1. The highest BCUT2D eigenvalue weighted by molar-refractivity contribution is 7.89. The molecule has 6 N–H and O–H groups in total. The van der Waals surface area contributed by atoms with Crippen LogP contribution in [0.1, 0.15) is 26.7 Å². The molecule has 0 fully saturated rings. The fraction of sp³-hybridized carbons (Fsp3) is 0.500. The number of anilines is 2. The lowest BCUT2D eigenvalue weighted by atomic mass is 9.97. The second-order valence-corrected chi connectivity index (χ2v) is 6.12. The minimum atomic E-state index is -3.86. The van der Waals surface area contributed by atoms with Gasteiger partial charge in [0.25, 0.3) is 0 Å². The summed E-state index contributed by atoms with van der Waals surface area (Å²) in [7, 11) is -3.86. The molecule has 1 rings (SSSR count). The third-order valence-corrected chi connectivity index (χ3v) is 4.19. The van der Waals surface area contributed by atoms with E-state index in [1.54, 1.807) is 12.1 Å². The van der Waals surface area contributed by atoms with Gasteiger partial charge >= 0.3 is 0 Å². The Balaban J connectivity index is 3.03. The zero-order chi connectivity index (χ0) is 14.7. The summed E-state index contributed by atoms with van der Waals surface area (Å²) in [5.74, 6) is 0. The first-order valence-corrected chi connectivity index (χ1v) is 7.65. The van der Waals surface area contributed by atoms with Gasteiger partial charge in [0, 0.05) is 12.2 Å². The van der Waals surface area contributed by atoms with Crippen molar-refractivity contribution in [1.29, 1.82) is 0 Å². The van der Waals surface area contributed by atoms with Crippen molar-refractivity contribution in [3.05, 3.63) is 18.2 Å². The van der Waals surface area contributed by atoms with Gasteiger partial charge in [0.1, 0.15) is 4.90 Å². The Kier molecular flexibility index (Phi) is 4.78. The highest BCUT2D eigenvalue weighted by Crippen LogP contribution is 2.24. The Bertz CT molecular complexity index is 539. The molecular weight excluding hydrogens is 266 g/mol. The minimum absolute atomic E-state index is 0.0675. The maximum atomic E-state index is 11.5. The zero-order valence-corrected chi connectivity index (χ0v) is 12.0. The smallest absolute Gasteiger partial charge is 0.240 e. The van der Waals surface area contributed by atoms with Gasteiger partial charge in [-0.05, 0) is 31.0 Å². The number of nitrogens with one attached hydrogen (secondary N) is 1. The van der Waals surface area contributed by atoms with Crippen LogP contribution in [0.5, 0.6) is 0 Å². The van der Waals surface area contributed by atoms with Gasteiger partial charge in [-0.2, -0.15) is 0 Å². The SMILES string of the molecule is CCC(O)(CC)CNc1ccc(N)cc1S(N)(=O)=O. The fourth-order valence-electron chi connectivity index (χ4n) is 1.68. The predicted molar refractivity (Wildman–Crippen MR) is 76.2 cm³/mol. The van der Waals surface area contributed by atoms with Gasteiger partial charge in [-0.15, -0.1) is 0 Å². The molecule has 0 aliphatic heterocycles. The van der Waals surface area contributed by atoms with Gasteiger partial charge in [-0.25, -0.2) is 13.6 Å². The number of nitrogen functional groups attached to an aromatic ring is 1. The minimum Gasteiger partial charge on any atom is -0.399 e. The van der Waals surface area contributed by atoms with Crippen molar-refractivity contribution in [3.8, 4) is 0 Å². The molecule has 0 unspecified atom stereocenters. The Morgan fingerprint density at radius 2 is 1.89 bits per heavy atom. The van der Waals surface area contributed by atoms with Gasteiger partial charge in [-0.1, -0.05) is 13.8 Å². The van der Waals surface area contributed by atoms with Gasteiger partial charge in [0.2, 0.25) is 10.0 Å². The average Bonchev–Trinajstić information content (AvgIpc) is 2.36. The Labute approximate surface area is 113 Å². The highest BCUT2D eigenvalue weighted by Gasteiger charge is 2.23. The molecular formula is C12H21N3O3S. The summed E-state index contributed by atoms with van der Waals surface area (Å²) in [6.07, 6.45) is 1.13. The van der Waals surface area contributed by atoms with E-state index in [-0.39, 0.29) is 11.4 Å². The summed E-state index contributed by atoms with van der Waals surface area (Å²) in [5.41, 5.74) is 5.34. The molecule has 0 saturated carbocycles. The second kappa shape index (κ2) is 5.77. The summed E-state index contributed by atoms with van der Waals surface area (Å²) in [4.78, 5) is -0.0675. The first-order valence-electron chi connectivity index (χ1n) is 6.10. The van der Waals surface area contributed by atoms with Crippen LogP contribution in [0.15, 0.2) is 23.1 Å². The van der Waals surface area contributed by atoms with Crippen molar-refractivity contribution in [2.24, 2.45) is 5.14 Å². The largest absolute Gasteiger partial charge is 0.399 e. The molecule has 6 nitrogen and oxygen atoms in total. The van der Waals surface area contributed by atoms with Gasteiger partial charge in [-0.3, -0.25) is 0 Å². The number of primary sulfonamides is 1. The Morgan fingerprint density at radius 3 is 2.37 bits per heavy atom. The molecule has 0 bridgehead atoms. The number of hydrogen-bond acceptors (Lipinski definition) is 5. The lowest BCUT2D eigenvalue weighted by Gasteiger charge is -2.26. The fourth-order valence-corrected chi connectivity index (χ4v) is 2.43. The summed E-state index contributed by atoms with van der Waals surface area (Å²) in [6, 6.07) is 4.42. The van der Waals surface area contributed by atoms with Crippen molar-refractivity contribution in [3.63, 3.8) is 0 Å². The van der Waals surface area contributed by atoms with Crippen LogP contribution in [0.2, 0.25) is 0 Å². The molecule has 0 radical (unpaired) electrons. The second-order valence-electron chi connectivity index (χ2n) is 4.59. The Morgan fingerprint density at radius 1 is 1.32 bits per heavy atom. The maximum absolute atomic E-state index is 11.5. The van der Waals surface area contributed by atoms with E-state index in [1.165, 1.54) is 6.07 Å². The van der Waals surface area contributed by atoms with E-state index >= 15 is 0 Å². The molecule has 7 heteroatoms. The molecule has 0 atom stereocenters. The van der Waals surface area contributed by atoms with Crippen LogP contribution in [0.3, 0.4) is 0 Å². The van der Waals surface area contributed by atoms with Crippen molar-refractivity contribution in [2.45, 2.75) is 37.2 Å². The van der Waals surface area contributed by atoms with Gasteiger partial charge < -0.3 is 16.2 Å². The monoisotopic (exact) mass is 287 g/mol. The van der Waals surface area contributed by atoms with Crippen LogP contribution >= 0.6 is 0 Å². The first-order chi connectivity index (χ1) is 8.72. The van der Waals surface area contributed by atoms with Crippen LogP contribution in [0.4, 0.5) is 11.4 Å². The normalized spacial score (nSPS) is 12.4. The first kappa shape index (κ1) is 15.7. The maximum Gasteiger partial charge on any atom is 0.240 e. The summed E-state index contributed by atoms with van der Waals surface area (Å²) in [6.45, 7) is 3.98. The van der Waals surface area contributed by atoms with Crippen molar-refractivity contribution < 1.29 is 13.5 Å². The molecule has 1 aromatic carbocycles. The van der Waals surface area contributed by atoms with E-state index in [2.05, 4.69) is 5.32 Å². The molecule has 0 aromatic heterocycles. The molecule has 0 spiro atoms. The van der Waals surface area contributed by atoms with Gasteiger partial charge in [0.15, 0.2) is 0 Å². The van der Waals surface area contributed by atoms with E-state index < -0.39 is 15.6 Å². The van der Waals surface area contributed by atoms with Crippen LogP contribution in [0.25, 0.3) is 0 Å². The van der Waals surface area contributed by atoms with Crippen molar-refractivity contribution in [2.75, 3.05) is 17.6 Å². The van der Waals surface area contributed by atoms with E-state index in [0.29, 0.717) is 24.2 Å². The molecule has 0 saturated heterocycles. The van der Waals surface area contributed by atoms with E-state index in [9.17, 15) is 13.5 Å². The molecule has 108 valence electrons. The van der Waals surface area contributed by atoms with E-state index in [4.69, 9.17) is 10.9 Å².